The average molecular weight is 383 g/mol. The zero-order chi connectivity index (χ0) is 20.3. The molecule has 0 spiro atoms. The Morgan fingerprint density at radius 1 is 1.03 bits per heavy atom. The highest BCUT2D eigenvalue weighted by molar-refractivity contribution is 6.03. The van der Waals surface area contributed by atoms with Gasteiger partial charge in [-0.2, -0.15) is 0 Å². The topological polar surface area (TPSA) is 45.2 Å². The number of carbonyl (C=O) groups excluding carboxylic acids is 1. The van der Waals surface area contributed by atoms with Crippen molar-refractivity contribution in [2.45, 2.75) is 25.7 Å². The number of hydrogen-bond donors (Lipinski definition) is 1. The van der Waals surface area contributed by atoms with Crippen LogP contribution in [0.25, 0.3) is 6.08 Å². The molecule has 0 saturated carbocycles. The first-order chi connectivity index (χ1) is 14.0. The number of amides is 1. The van der Waals surface area contributed by atoms with Gasteiger partial charge in [0.15, 0.2) is 5.82 Å². The number of nitrogens with one attached hydrogen (secondary N) is 1. The smallest absolute Gasteiger partial charge is 0.248 e. The van der Waals surface area contributed by atoms with Gasteiger partial charge in [0.05, 0.1) is 5.69 Å². The molecule has 0 aliphatic carbocycles. The molecule has 0 unspecified atom stereocenters. The van der Waals surface area contributed by atoms with Crippen LogP contribution in [-0.4, -0.2) is 17.4 Å². The molecule has 1 aromatic heterocycles. The molecule has 146 valence electrons. The molecule has 1 aliphatic rings. The monoisotopic (exact) mass is 383 g/mol. The largest absolute Gasteiger partial charge is 0.324 e. The molecule has 4 nitrogen and oxygen atoms in total. The van der Waals surface area contributed by atoms with E-state index in [0.717, 1.165) is 30.0 Å². The Hall–Kier alpha value is -3.40. The standard InChI is InChI=1S/C25H25N3O/c1-25(2)16-18-28(22-13-7-6-11-20(22)25)24-21(12-8-17-26-24)27-23(29)15-14-19-9-4-3-5-10-19/h3-15,17H,16,18H2,1-2H3,(H,27,29)/b15-14+. The molecule has 0 atom stereocenters. The maximum absolute atomic E-state index is 12.5. The highest BCUT2D eigenvalue weighted by atomic mass is 16.1. The van der Waals surface area contributed by atoms with Crippen molar-refractivity contribution in [3.63, 3.8) is 0 Å². The lowest BCUT2D eigenvalue weighted by Gasteiger charge is -2.40. The zero-order valence-electron chi connectivity index (χ0n) is 16.8. The molecule has 2 aromatic carbocycles. The number of anilines is 3. The Morgan fingerprint density at radius 3 is 2.62 bits per heavy atom. The van der Waals surface area contributed by atoms with Gasteiger partial charge in [0.25, 0.3) is 0 Å². The molecule has 0 bridgehead atoms. The van der Waals surface area contributed by atoms with Crippen molar-refractivity contribution in [2.75, 3.05) is 16.8 Å². The molecule has 0 fully saturated rings. The number of nitrogens with zero attached hydrogens (tertiary/aromatic N) is 2. The molecule has 2 heterocycles. The summed E-state index contributed by atoms with van der Waals surface area (Å²) in [7, 11) is 0. The van der Waals surface area contributed by atoms with Crippen LogP contribution in [0.3, 0.4) is 0 Å². The fourth-order valence-corrected chi connectivity index (χ4v) is 3.77. The van der Waals surface area contributed by atoms with Crippen LogP contribution in [0.1, 0.15) is 31.4 Å². The Balaban J connectivity index is 1.61. The molecular weight excluding hydrogens is 358 g/mol. The predicted octanol–water partition coefficient (Wildman–Crippen LogP) is 5.55. The molecular formula is C25H25N3O. The number of benzene rings is 2. The second kappa shape index (κ2) is 7.92. The quantitative estimate of drug-likeness (QED) is 0.601. The number of hydrogen-bond acceptors (Lipinski definition) is 3. The highest BCUT2D eigenvalue weighted by Gasteiger charge is 2.32. The van der Waals surface area contributed by atoms with Gasteiger partial charge in [-0.15, -0.1) is 0 Å². The molecule has 1 aliphatic heterocycles. The SMILES string of the molecule is CC1(C)CCN(c2ncccc2NC(=O)/C=C/c2ccccc2)c2ccccc21. The van der Waals surface area contributed by atoms with Crippen molar-refractivity contribution in [3.8, 4) is 0 Å². The Bertz CT molecular complexity index is 1040. The van der Waals surface area contributed by atoms with Crippen molar-refractivity contribution >= 4 is 29.2 Å². The number of aromatic nitrogens is 1. The first-order valence-electron chi connectivity index (χ1n) is 9.91. The van der Waals surface area contributed by atoms with E-state index in [1.165, 1.54) is 5.56 Å². The molecule has 29 heavy (non-hydrogen) atoms. The number of fused-ring (bicyclic) bond motifs is 1. The fraction of sp³-hybridized carbons (Fsp3) is 0.200. The summed E-state index contributed by atoms with van der Waals surface area (Å²) in [4.78, 5) is 19.3. The van der Waals surface area contributed by atoms with E-state index in [0.29, 0.717) is 5.69 Å². The maximum atomic E-state index is 12.5. The summed E-state index contributed by atoms with van der Waals surface area (Å²) >= 11 is 0. The van der Waals surface area contributed by atoms with E-state index in [2.05, 4.69) is 53.3 Å². The van der Waals surface area contributed by atoms with E-state index in [9.17, 15) is 4.79 Å². The minimum atomic E-state index is -0.172. The van der Waals surface area contributed by atoms with E-state index in [1.54, 1.807) is 12.3 Å². The highest BCUT2D eigenvalue weighted by Crippen LogP contribution is 2.43. The van der Waals surface area contributed by atoms with Crippen LogP contribution < -0.4 is 10.2 Å². The Kier molecular flexibility index (Phi) is 5.17. The third-order valence-corrected chi connectivity index (χ3v) is 5.41. The minimum Gasteiger partial charge on any atom is -0.324 e. The summed E-state index contributed by atoms with van der Waals surface area (Å²) in [5.41, 5.74) is 4.27. The van der Waals surface area contributed by atoms with Gasteiger partial charge in [-0.25, -0.2) is 4.98 Å². The normalized spacial score (nSPS) is 15.2. The summed E-state index contributed by atoms with van der Waals surface area (Å²) in [6, 6.07) is 22.0. The number of para-hydroxylation sites is 1. The molecule has 4 rings (SSSR count). The second-order valence-electron chi connectivity index (χ2n) is 7.91. The summed E-state index contributed by atoms with van der Waals surface area (Å²) < 4.78 is 0. The van der Waals surface area contributed by atoms with Gasteiger partial charge >= 0.3 is 0 Å². The minimum absolute atomic E-state index is 0.115. The van der Waals surface area contributed by atoms with Crippen molar-refractivity contribution in [1.29, 1.82) is 0 Å². The van der Waals surface area contributed by atoms with Crippen LogP contribution in [-0.2, 0) is 10.2 Å². The van der Waals surface area contributed by atoms with Gasteiger partial charge < -0.3 is 10.2 Å². The number of carbonyl (C=O) groups is 1. The van der Waals surface area contributed by atoms with Gasteiger partial charge in [-0.1, -0.05) is 62.4 Å². The predicted molar refractivity (Wildman–Crippen MR) is 119 cm³/mol. The van der Waals surface area contributed by atoms with E-state index < -0.39 is 0 Å². The molecule has 1 amide bonds. The van der Waals surface area contributed by atoms with E-state index in [1.807, 2.05) is 48.5 Å². The number of rotatable bonds is 4. The van der Waals surface area contributed by atoms with E-state index in [4.69, 9.17) is 0 Å². The van der Waals surface area contributed by atoms with Crippen LogP contribution in [0.4, 0.5) is 17.2 Å². The molecule has 1 N–H and O–H groups in total. The van der Waals surface area contributed by atoms with Crippen molar-refractivity contribution < 1.29 is 4.79 Å². The lowest BCUT2D eigenvalue weighted by molar-refractivity contribution is -0.111. The lowest BCUT2D eigenvalue weighted by Crippen LogP contribution is -2.35. The number of pyridine rings is 1. The van der Waals surface area contributed by atoms with Crippen molar-refractivity contribution in [2.24, 2.45) is 0 Å². The maximum Gasteiger partial charge on any atom is 0.248 e. The van der Waals surface area contributed by atoms with Crippen molar-refractivity contribution in [3.05, 3.63) is 90.1 Å². The first kappa shape index (κ1) is 18.9. The molecule has 4 heteroatoms. The zero-order valence-corrected chi connectivity index (χ0v) is 16.8. The first-order valence-corrected chi connectivity index (χ1v) is 9.91. The third-order valence-electron chi connectivity index (χ3n) is 5.41. The summed E-state index contributed by atoms with van der Waals surface area (Å²) in [6.07, 6.45) is 6.15. The fourth-order valence-electron chi connectivity index (χ4n) is 3.77. The summed E-state index contributed by atoms with van der Waals surface area (Å²) in [6.45, 7) is 5.40. The lowest BCUT2D eigenvalue weighted by atomic mass is 9.77. The average Bonchev–Trinajstić information content (AvgIpc) is 2.74. The second-order valence-corrected chi connectivity index (χ2v) is 7.91. The third kappa shape index (κ3) is 4.06. The molecule has 0 radical (unpaired) electrons. The van der Waals surface area contributed by atoms with Crippen molar-refractivity contribution in [1.82, 2.24) is 4.98 Å². The summed E-state index contributed by atoms with van der Waals surface area (Å²) in [5, 5.41) is 3.00. The van der Waals surface area contributed by atoms with E-state index >= 15 is 0 Å². The van der Waals surface area contributed by atoms with Crippen LogP contribution >= 0.6 is 0 Å². The summed E-state index contributed by atoms with van der Waals surface area (Å²) in [5.74, 6) is 0.602. The van der Waals surface area contributed by atoms with Crippen LogP contribution in [0.15, 0.2) is 79.0 Å². The molecule has 0 saturated heterocycles. The Morgan fingerprint density at radius 2 is 1.79 bits per heavy atom. The van der Waals surface area contributed by atoms with Crippen LogP contribution in [0, 0.1) is 0 Å². The van der Waals surface area contributed by atoms with E-state index in [-0.39, 0.29) is 11.3 Å². The molecule has 3 aromatic rings. The Labute approximate surface area is 171 Å². The van der Waals surface area contributed by atoms with Crippen LogP contribution in [0.2, 0.25) is 0 Å². The van der Waals surface area contributed by atoms with Crippen LogP contribution in [0.5, 0.6) is 0 Å². The van der Waals surface area contributed by atoms with Gasteiger partial charge in [0.2, 0.25) is 5.91 Å². The van der Waals surface area contributed by atoms with Gasteiger partial charge in [-0.3, -0.25) is 4.79 Å². The van der Waals surface area contributed by atoms with Gasteiger partial charge in [-0.05, 0) is 47.2 Å². The van der Waals surface area contributed by atoms with Gasteiger partial charge in [0, 0.05) is 24.5 Å². The van der Waals surface area contributed by atoms with Gasteiger partial charge in [0.1, 0.15) is 0 Å².